The summed E-state index contributed by atoms with van der Waals surface area (Å²) in [6.07, 6.45) is 3.75. The van der Waals surface area contributed by atoms with Crippen LogP contribution in [0.5, 0.6) is 0 Å². The van der Waals surface area contributed by atoms with E-state index in [1.165, 1.54) is 9.75 Å². The number of aromatic nitrogens is 5. The van der Waals surface area contributed by atoms with Crippen molar-refractivity contribution in [3.63, 3.8) is 0 Å². The first kappa shape index (κ1) is 12.7. The summed E-state index contributed by atoms with van der Waals surface area (Å²) in [7, 11) is 0. The first-order valence-electron chi connectivity index (χ1n) is 7.07. The number of rotatable bonds is 3. The number of thiophene rings is 1. The first-order valence-corrected chi connectivity index (χ1v) is 7.88. The van der Waals surface area contributed by atoms with Gasteiger partial charge in [0.1, 0.15) is 0 Å². The molecule has 0 aliphatic heterocycles. The van der Waals surface area contributed by atoms with Gasteiger partial charge in [-0.05, 0) is 38.3 Å². The largest absolute Gasteiger partial charge is 0.339 e. The molecule has 3 heterocycles. The van der Waals surface area contributed by atoms with Crippen LogP contribution in [0, 0.1) is 6.92 Å². The van der Waals surface area contributed by atoms with E-state index in [-0.39, 0.29) is 5.92 Å². The summed E-state index contributed by atoms with van der Waals surface area (Å²) in [4.78, 5) is 7.12. The Hall–Kier alpha value is -2.02. The molecule has 4 rings (SSSR count). The Morgan fingerprint density at radius 3 is 3.19 bits per heavy atom. The van der Waals surface area contributed by atoms with Gasteiger partial charge in [-0.1, -0.05) is 5.16 Å². The fourth-order valence-electron chi connectivity index (χ4n) is 2.79. The molecule has 0 bridgehead atoms. The summed E-state index contributed by atoms with van der Waals surface area (Å²) in [6.45, 7) is 2.10. The van der Waals surface area contributed by atoms with Gasteiger partial charge >= 0.3 is 0 Å². The molecule has 0 saturated carbocycles. The Kier molecular flexibility index (Phi) is 3.07. The van der Waals surface area contributed by atoms with Crippen LogP contribution in [0.4, 0.5) is 0 Å². The van der Waals surface area contributed by atoms with Gasteiger partial charge in [-0.15, -0.1) is 11.3 Å². The highest BCUT2D eigenvalue weighted by atomic mass is 32.1. The highest BCUT2D eigenvalue weighted by Gasteiger charge is 2.29. The van der Waals surface area contributed by atoms with Crippen LogP contribution in [0.15, 0.2) is 16.7 Å². The molecule has 1 unspecified atom stereocenters. The van der Waals surface area contributed by atoms with Crippen molar-refractivity contribution >= 4 is 11.3 Å². The SMILES string of the molecule is Cc1ccc(Cc2noc(C3CCCc4n[nH]nc43)n2)s1. The highest BCUT2D eigenvalue weighted by Crippen LogP contribution is 2.33. The summed E-state index contributed by atoms with van der Waals surface area (Å²) in [6, 6.07) is 4.23. The third-order valence-electron chi connectivity index (χ3n) is 3.80. The van der Waals surface area contributed by atoms with Crippen molar-refractivity contribution in [3.8, 4) is 0 Å². The molecule has 1 aliphatic rings. The Morgan fingerprint density at radius 1 is 1.38 bits per heavy atom. The van der Waals surface area contributed by atoms with Crippen molar-refractivity contribution in [3.05, 3.63) is 45.0 Å². The quantitative estimate of drug-likeness (QED) is 0.804. The van der Waals surface area contributed by atoms with Gasteiger partial charge in [0, 0.05) is 16.2 Å². The lowest BCUT2D eigenvalue weighted by atomic mass is 9.90. The molecule has 0 saturated heterocycles. The van der Waals surface area contributed by atoms with Crippen molar-refractivity contribution in [1.29, 1.82) is 0 Å². The molecule has 0 fully saturated rings. The number of aromatic amines is 1. The summed E-state index contributed by atoms with van der Waals surface area (Å²) in [5.41, 5.74) is 1.99. The molecule has 1 aliphatic carbocycles. The van der Waals surface area contributed by atoms with Gasteiger partial charge in [0.25, 0.3) is 0 Å². The second-order valence-electron chi connectivity index (χ2n) is 5.34. The maximum absolute atomic E-state index is 5.47. The fourth-order valence-corrected chi connectivity index (χ4v) is 3.68. The van der Waals surface area contributed by atoms with Crippen LogP contribution in [-0.4, -0.2) is 25.6 Å². The predicted molar refractivity (Wildman–Crippen MR) is 77.3 cm³/mol. The summed E-state index contributed by atoms with van der Waals surface area (Å²) in [5.74, 6) is 1.48. The summed E-state index contributed by atoms with van der Waals surface area (Å²) < 4.78 is 5.47. The van der Waals surface area contributed by atoms with E-state index in [1.54, 1.807) is 11.3 Å². The van der Waals surface area contributed by atoms with E-state index in [0.29, 0.717) is 5.89 Å². The normalized spacial score (nSPS) is 17.9. The van der Waals surface area contributed by atoms with E-state index in [2.05, 4.69) is 44.6 Å². The van der Waals surface area contributed by atoms with Crippen LogP contribution in [0.2, 0.25) is 0 Å². The molecule has 108 valence electrons. The Morgan fingerprint density at radius 2 is 2.33 bits per heavy atom. The molecular weight excluding hydrogens is 286 g/mol. The number of H-pyrrole nitrogens is 1. The third-order valence-corrected chi connectivity index (χ3v) is 4.80. The lowest BCUT2D eigenvalue weighted by Gasteiger charge is -2.15. The molecule has 0 aromatic carbocycles. The van der Waals surface area contributed by atoms with Gasteiger partial charge in [0.15, 0.2) is 5.82 Å². The van der Waals surface area contributed by atoms with Crippen molar-refractivity contribution < 1.29 is 4.52 Å². The molecule has 1 atom stereocenters. The van der Waals surface area contributed by atoms with Crippen LogP contribution >= 0.6 is 11.3 Å². The second-order valence-corrected chi connectivity index (χ2v) is 6.71. The average molecular weight is 301 g/mol. The third kappa shape index (κ3) is 2.37. The van der Waals surface area contributed by atoms with E-state index in [1.807, 2.05) is 0 Å². The van der Waals surface area contributed by atoms with E-state index < -0.39 is 0 Å². The van der Waals surface area contributed by atoms with Crippen molar-refractivity contribution in [2.45, 2.75) is 38.5 Å². The zero-order chi connectivity index (χ0) is 14.2. The standard InChI is InChI=1S/C14H15N5OS/c1-8-5-6-9(21-8)7-12-15-14(20-18-12)10-3-2-4-11-13(10)17-19-16-11/h5-6,10H,2-4,7H2,1H3,(H,16,17,19). The van der Waals surface area contributed by atoms with Gasteiger partial charge in [0.05, 0.1) is 17.3 Å². The summed E-state index contributed by atoms with van der Waals surface area (Å²) in [5, 5.41) is 15.3. The minimum atomic E-state index is 0.0822. The number of nitrogens with one attached hydrogen (secondary N) is 1. The molecular formula is C14H15N5OS. The minimum absolute atomic E-state index is 0.0822. The maximum atomic E-state index is 5.47. The van der Waals surface area contributed by atoms with Crippen molar-refractivity contribution in [2.75, 3.05) is 0 Å². The zero-order valence-corrected chi connectivity index (χ0v) is 12.5. The highest BCUT2D eigenvalue weighted by molar-refractivity contribution is 7.11. The van der Waals surface area contributed by atoms with Gasteiger partial charge in [0.2, 0.25) is 5.89 Å². The van der Waals surface area contributed by atoms with E-state index >= 15 is 0 Å². The molecule has 6 nitrogen and oxygen atoms in total. The fraction of sp³-hybridized carbons (Fsp3) is 0.429. The van der Waals surface area contributed by atoms with Crippen LogP contribution in [0.1, 0.15) is 51.6 Å². The Labute approximate surface area is 125 Å². The smallest absolute Gasteiger partial charge is 0.235 e. The monoisotopic (exact) mass is 301 g/mol. The van der Waals surface area contributed by atoms with Crippen LogP contribution in [0.25, 0.3) is 0 Å². The molecule has 0 amide bonds. The zero-order valence-electron chi connectivity index (χ0n) is 11.7. The molecule has 1 N–H and O–H groups in total. The molecule has 7 heteroatoms. The molecule has 21 heavy (non-hydrogen) atoms. The molecule has 0 radical (unpaired) electrons. The lowest BCUT2D eigenvalue weighted by molar-refractivity contribution is 0.348. The van der Waals surface area contributed by atoms with E-state index in [0.717, 1.165) is 42.9 Å². The Balaban J connectivity index is 1.58. The number of hydrogen-bond donors (Lipinski definition) is 1. The van der Waals surface area contributed by atoms with Crippen LogP contribution in [0.3, 0.4) is 0 Å². The summed E-state index contributed by atoms with van der Waals surface area (Å²) >= 11 is 1.77. The lowest BCUT2D eigenvalue weighted by Crippen LogP contribution is -2.11. The van der Waals surface area contributed by atoms with Crippen LogP contribution < -0.4 is 0 Å². The van der Waals surface area contributed by atoms with Gasteiger partial charge < -0.3 is 4.52 Å². The van der Waals surface area contributed by atoms with Crippen molar-refractivity contribution in [2.24, 2.45) is 0 Å². The minimum Gasteiger partial charge on any atom is -0.339 e. The van der Waals surface area contributed by atoms with Crippen LogP contribution in [-0.2, 0) is 12.8 Å². The van der Waals surface area contributed by atoms with Gasteiger partial charge in [-0.2, -0.15) is 20.4 Å². The molecule has 3 aromatic rings. The second kappa shape index (κ2) is 5.07. The van der Waals surface area contributed by atoms with Gasteiger partial charge in [-0.25, -0.2) is 0 Å². The number of fused-ring (bicyclic) bond motifs is 1. The van der Waals surface area contributed by atoms with Crippen molar-refractivity contribution in [1.82, 2.24) is 25.6 Å². The maximum Gasteiger partial charge on any atom is 0.235 e. The number of hydrogen-bond acceptors (Lipinski definition) is 6. The predicted octanol–water partition coefficient (Wildman–Crippen LogP) is 2.62. The Bertz CT molecular complexity index is 759. The van der Waals surface area contributed by atoms with Gasteiger partial charge in [-0.3, -0.25) is 0 Å². The number of aryl methyl sites for hydroxylation is 2. The number of nitrogens with zero attached hydrogens (tertiary/aromatic N) is 4. The topological polar surface area (TPSA) is 80.5 Å². The average Bonchev–Trinajstić information content (AvgIpc) is 3.19. The van der Waals surface area contributed by atoms with E-state index in [4.69, 9.17) is 4.52 Å². The first-order chi connectivity index (χ1) is 10.3. The van der Waals surface area contributed by atoms with E-state index in [9.17, 15) is 0 Å². The molecule has 3 aromatic heterocycles. The molecule has 0 spiro atoms.